The third kappa shape index (κ3) is 5.22. The highest BCUT2D eigenvalue weighted by atomic mass is 79.9. The Hall–Kier alpha value is -1.04. The molecule has 0 aliphatic carbocycles. The first-order valence-corrected chi connectivity index (χ1v) is 7.13. The molecule has 0 aromatic heterocycles. The van der Waals surface area contributed by atoms with Crippen molar-refractivity contribution in [2.45, 2.75) is 13.5 Å². The van der Waals surface area contributed by atoms with Crippen LogP contribution in [0.5, 0.6) is 11.5 Å². The summed E-state index contributed by atoms with van der Waals surface area (Å²) in [6, 6.07) is 3.98. The van der Waals surface area contributed by atoms with E-state index in [1.807, 2.05) is 24.4 Å². The summed E-state index contributed by atoms with van der Waals surface area (Å²) in [6.45, 7) is 8.27. The minimum absolute atomic E-state index is 0.181. The van der Waals surface area contributed by atoms with E-state index >= 15 is 0 Å². The van der Waals surface area contributed by atoms with Crippen LogP contribution in [0.4, 0.5) is 0 Å². The van der Waals surface area contributed by atoms with E-state index in [9.17, 15) is 0 Å². The van der Waals surface area contributed by atoms with Gasteiger partial charge < -0.3 is 19.9 Å². The Morgan fingerprint density at radius 3 is 2.84 bits per heavy atom. The van der Waals surface area contributed by atoms with Gasteiger partial charge in [0.2, 0.25) is 0 Å². The van der Waals surface area contributed by atoms with Gasteiger partial charge >= 0.3 is 0 Å². The summed E-state index contributed by atoms with van der Waals surface area (Å²) in [7, 11) is 0. The number of nitrogens with two attached hydrogens (primary N) is 1. The molecule has 0 atom stereocenters. The van der Waals surface area contributed by atoms with Gasteiger partial charge in [-0.15, -0.1) is 0 Å². The molecule has 1 rings (SSSR count). The molecule has 106 valence electrons. The second kappa shape index (κ2) is 8.96. The van der Waals surface area contributed by atoms with E-state index in [1.165, 1.54) is 0 Å². The Bertz CT molecular complexity index is 410. The number of aliphatic hydroxyl groups is 1. The molecule has 4 nitrogen and oxygen atoms in total. The summed E-state index contributed by atoms with van der Waals surface area (Å²) < 4.78 is 12.1. The number of hydrogen-bond acceptors (Lipinski definition) is 3. The van der Waals surface area contributed by atoms with E-state index in [4.69, 9.17) is 14.6 Å². The molecule has 0 unspecified atom stereocenters. The Labute approximate surface area is 122 Å². The van der Waals surface area contributed by atoms with Gasteiger partial charge in [-0.2, -0.15) is 0 Å². The maximum Gasteiger partial charge on any atom is 0.175 e. The largest absolute Gasteiger partial charge is 0.490 e. The normalized spacial score (nSPS) is 10.3. The third-order valence-electron chi connectivity index (χ3n) is 2.43. The number of rotatable bonds is 9. The molecular formula is C14H21BrNO3+. The van der Waals surface area contributed by atoms with E-state index in [1.54, 1.807) is 6.08 Å². The fourth-order valence-electron chi connectivity index (χ4n) is 1.64. The molecule has 0 fully saturated rings. The minimum Gasteiger partial charge on any atom is -0.490 e. The van der Waals surface area contributed by atoms with Crippen LogP contribution in [-0.2, 0) is 6.54 Å². The fourth-order valence-corrected chi connectivity index (χ4v) is 2.25. The standard InChI is InChI=1S/C14H20BrNO3/c1-3-7-19-14-12(15)8-11(10-16-5-6-17)9-13(14)18-4-2/h3,8-9,16-17H,1,4-7,10H2,2H3/p+1. The molecule has 0 aliphatic heterocycles. The molecule has 0 amide bonds. The summed E-state index contributed by atoms with van der Waals surface area (Å²) in [6.07, 6.45) is 1.70. The fraction of sp³-hybridized carbons (Fsp3) is 0.429. The molecule has 19 heavy (non-hydrogen) atoms. The van der Waals surface area contributed by atoms with Crippen molar-refractivity contribution in [3.05, 3.63) is 34.8 Å². The lowest BCUT2D eigenvalue weighted by molar-refractivity contribution is -0.671. The monoisotopic (exact) mass is 330 g/mol. The van der Waals surface area contributed by atoms with Crippen molar-refractivity contribution in [3.8, 4) is 11.5 Å². The molecule has 0 saturated heterocycles. The van der Waals surface area contributed by atoms with Crippen LogP contribution in [0.25, 0.3) is 0 Å². The highest BCUT2D eigenvalue weighted by Crippen LogP contribution is 2.36. The maximum atomic E-state index is 8.78. The van der Waals surface area contributed by atoms with Crippen molar-refractivity contribution < 1.29 is 19.9 Å². The lowest BCUT2D eigenvalue weighted by Gasteiger charge is -2.14. The van der Waals surface area contributed by atoms with Crippen LogP contribution in [0.2, 0.25) is 0 Å². The summed E-state index contributed by atoms with van der Waals surface area (Å²) >= 11 is 3.50. The SMILES string of the molecule is C=CCOc1c(Br)cc(C[NH2+]CCO)cc1OCC. The minimum atomic E-state index is 0.181. The molecule has 0 spiro atoms. The number of aliphatic hydroxyl groups excluding tert-OH is 1. The second-order valence-electron chi connectivity index (χ2n) is 3.94. The van der Waals surface area contributed by atoms with Gasteiger partial charge in [0, 0.05) is 5.56 Å². The molecule has 3 N–H and O–H groups in total. The van der Waals surface area contributed by atoms with Crippen molar-refractivity contribution >= 4 is 15.9 Å². The molecule has 1 aromatic carbocycles. The molecule has 1 aromatic rings. The van der Waals surface area contributed by atoms with E-state index < -0.39 is 0 Å². The zero-order valence-electron chi connectivity index (χ0n) is 11.2. The first-order valence-electron chi connectivity index (χ1n) is 6.34. The Balaban J connectivity index is 2.88. The Morgan fingerprint density at radius 2 is 2.21 bits per heavy atom. The molecule has 0 heterocycles. The van der Waals surface area contributed by atoms with Gasteiger partial charge in [0.15, 0.2) is 11.5 Å². The number of quaternary nitrogens is 1. The number of hydrogen-bond donors (Lipinski definition) is 2. The van der Waals surface area contributed by atoms with Crippen molar-refractivity contribution in [1.29, 1.82) is 0 Å². The molecular weight excluding hydrogens is 310 g/mol. The quantitative estimate of drug-likeness (QED) is 0.532. The topological polar surface area (TPSA) is 55.3 Å². The van der Waals surface area contributed by atoms with Gasteiger partial charge in [0.05, 0.1) is 24.2 Å². The molecule has 5 heteroatoms. The van der Waals surface area contributed by atoms with Crippen LogP contribution in [0, 0.1) is 0 Å². The third-order valence-corrected chi connectivity index (χ3v) is 3.02. The van der Waals surface area contributed by atoms with Gasteiger partial charge in [-0.05, 0) is 35.0 Å². The number of halogens is 1. The van der Waals surface area contributed by atoms with E-state index in [-0.39, 0.29) is 6.61 Å². The number of benzene rings is 1. The Kier molecular flexibility index (Phi) is 7.55. The maximum absolute atomic E-state index is 8.78. The van der Waals surface area contributed by atoms with Crippen molar-refractivity contribution in [2.75, 3.05) is 26.4 Å². The second-order valence-corrected chi connectivity index (χ2v) is 4.80. The van der Waals surface area contributed by atoms with Crippen LogP contribution >= 0.6 is 15.9 Å². The van der Waals surface area contributed by atoms with Crippen LogP contribution in [0.1, 0.15) is 12.5 Å². The summed E-state index contributed by atoms with van der Waals surface area (Å²) in [4.78, 5) is 0. The van der Waals surface area contributed by atoms with Crippen LogP contribution in [0.15, 0.2) is 29.3 Å². The lowest BCUT2D eigenvalue weighted by atomic mass is 10.2. The van der Waals surface area contributed by atoms with Gasteiger partial charge in [-0.3, -0.25) is 0 Å². The molecule has 0 radical (unpaired) electrons. The van der Waals surface area contributed by atoms with E-state index in [2.05, 4.69) is 22.5 Å². The van der Waals surface area contributed by atoms with Crippen molar-refractivity contribution in [1.82, 2.24) is 0 Å². The van der Waals surface area contributed by atoms with Crippen LogP contribution in [0.3, 0.4) is 0 Å². The average Bonchev–Trinajstić information content (AvgIpc) is 2.38. The first kappa shape index (κ1) is 16.0. The highest BCUT2D eigenvalue weighted by molar-refractivity contribution is 9.10. The summed E-state index contributed by atoms with van der Waals surface area (Å²) in [5.41, 5.74) is 1.12. The van der Waals surface area contributed by atoms with E-state index in [0.717, 1.165) is 22.3 Å². The zero-order chi connectivity index (χ0) is 14.1. The lowest BCUT2D eigenvalue weighted by Crippen LogP contribution is -2.83. The Morgan fingerprint density at radius 1 is 1.42 bits per heavy atom. The summed E-state index contributed by atoms with van der Waals surface area (Å²) in [5, 5.41) is 10.8. The van der Waals surface area contributed by atoms with Gasteiger partial charge in [0.1, 0.15) is 13.2 Å². The van der Waals surface area contributed by atoms with Crippen LogP contribution < -0.4 is 14.8 Å². The first-order chi connectivity index (χ1) is 9.22. The smallest absolute Gasteiger partial charge is 0.175 e. The summed E-state index contributed by atoms with van der Waals surface area (Å²) in [5.74, 6) is 1.43. The average molecular weight is 331 g/mol. The molecule has 0 aliphatic rings. The molecule has 0 saturated carbocycles. The number of ether oxygens (including phenoxy) is 2. The van der Waals surface area contributed by atoms with Crippen LogP contribution in [-0.4, -0.2) is 31.5 Å². The highest BCUT2D eigenvalue weighted by Gasteiger charge is 2.12. The van der Waals surface area contributed by atoms with E-state index in [0.29, 0.717) is 25.5 Å². The van der Waals surface area contributed by atoms with Crippen molar-refractivity contribution in [2.24, 2.45) is 0 Å². The van der Waals surface area contributed by atoms with Crippen molar-refractivity contribution in [3.63, 3.8) is 0 Å². The zero-order valence-corrected chi connectivity index (χ0v) is 12.8. The van der Waals surface area contributed by atoms with Gasteiger partial charge in [0.25, 0.3) is 0 Å². The van der Waals surface area contributed by atoms with Gasteiger partial charge in [-0.1, -0.05) is 12.7 Å². The predicted molar refractivity (Wildman–Crippen MR) is 78.6 cm³/mol. The van der Waals surface area contributed by atoms with Gasteiger partial charge in [-0.25, -0.2) is 0 Å². The molecule has 0 bridgehead atoms. The predicted octanol–water partition coefficient (Wildman–Crippen LogP) is 1.47.